The van der Waals surface area contributed by atoms with Crippen LogP contribution >= 0.6 is 23.1 Å². The number of aromatic nitrogens is 4. The molecule has 0 spiro atoms. The number of halogens is 1. The molecule has 0 fully saturated rings. The normalized spacial score (nSPS) is 10.8. The molecule has 2 heterocycles. The standard InChI is InChI=1S/C19H14FN5OS2/c20-14-8-6-13(7-9-14)16-10-27-18(23-16)24-17(26)11-28-19-21-12-22-25(19)15-4-2-1-3-5-15/h1-10,12H,11H2,(H,23,24,26)/p+1. The third kappa shape index (κ3) is 4.26. The number of nitrogens with one attached hydrogen (secondary N) is 2. The highest BCUT2D eigenvalue weighted by Crippen LogP contribution is 2.25. The van der Waals surface area contributed by atoms with Gasteiger partial charge in [0.1, 0.15) is 5.82 Å². The van der Waals surface area contributed by atoms with Crippen molar-refractivity contribution >= 4 is 34.1 Å². The quantitative estimate of drug-likeness (QED) is 0.374. The molecule has 0 bridgehead atoms. The van der Waals surface area contributed by atoms with Gasteiger partial charge in [-0.25, -0.2) is 9.37 Å². The topological polar surface area (TPSA) is 74.6 Å². The largest absolute Gasteiger partial charge is 0.385 e. The first kappa shape index (κ1) is 18.3. The predicted molar refractivity (Wildman–Crippen MR) is 107 cm³/mol. The van der Waals surface area contributed by atoms with E-state index in [4.69, 9.17) is 0 Å². The Bertz CT molecular complexity index is 1080. The summed E-state index contributed by atoms with van der Waals surface area (Å²) in [6, 6.07) is 15.8. The molecule has 0 atom stereocenters. The monoisotopic (exact) mass is 412 g/mol. The number of anilines is 1. The summed E-state index contributed by atoms with van der Waals surface area (Å²) in [6.45, 7) is 0. The summed E-state index contributed by atoms with van der Waals surface area (Å²) in [5.41, 5.74) is 2.43. The van der Waals surface area contributed by atoms with Gasteiger partial charge in [0, 0.05) is 10.9 Å². The summed E-state index contributed by atoms with van der Waals surface area (Å²) < 4.78 is 14.8. The van der Waals surface area contributed by atoms with Gasteiger partial charge in [-0.05, 0) is 53.1 Å². The number of amides is 1. The van der Waals surface area contributed by atoms with Gasteiger partial charge >= 0.3 is 5.16 Å². The van der Waals surface area contributed by atoms with Gasteiger partial charge in [-0.1, -0.05) is 18.2 Å². The molecular formula is C19H15FN5OS2+. The molecule has 0 aliphatic rings. The van der Waals surface area contributed by atoms with E-state index >= 15 is 0 Å². The predicted octanol–water partition coefficient (Wildman–Crippen LogP) is 3.68. The smallest absolute Gasteiger partial charge is 0.301 e. The van der Waals surface area contributed by atoms with Crippen LogP contribution in [0.1, 0.15) is 0 Å². The van der Waals surface area contributed by atoms with Crippen molar-refractivity contribution in [3.8, 4) is 16.9 Å². The average molecular weight is 412 g/mol. The summed E-state index contributed by atoms with van der Waals surface area (Å²) in [4.78, 5) is 20.9. The molecular weight excluding hydrogens is 397 g/mol. The molecule has 6 nitrogen and oxygen atoms in total. The lowest BCUT2D eigenvalue weighted by molar-refractivity contribution is -0.694. The number of H-pyrrole nitrogens is 1. The summed E-state index contributed by atoms with van der Waals surface area (Å²) in [6.07, 6.45) is 1.59. The van der Waals surface area contributed by atoms with Crippen LogP contribution in [-0.4, -0.2) is 26.7 Å². The van der Waals surface area contributed by atoms with E-state index in [0.29, 0.717) is 16.0 Å². The zero-order chi connectivity index (χ0) is 19.3. The van der Waals surface area contributed by atoms with Crippen LogP contribution in [0.2, 0.25) is 0 Å². The number of para-hydroxylation sites is 1. The number of nitrogens with zero attached hydrogens (tertiary/aromatic N) is 3. The summed E-state index contributed by atoms with van der Waals surface area (Å²) >= 11 is 2.65. The van der Waals surface area contributed by atoms with Crippen molar-refractivity contribution in [2.75, 3.05) is 11.1 Å². The van der Waals surface area contributed by atoms with E-state index in [1.807, 2.05) is 40.4 Å². The van der Waals surface area contributed by atoms with Gasteiger partial charge in [0.05, 0.1) is 11.4 Å². The Morgan fingerprint density at radius 3 is 2.75 bits per heavy atom. The average Bonchev–Trinajstić information content (AvgIpc) is 3.37. The summed E-state index contributed by atoms with van der Waals surface area (Å²) in [5, 5.41) is 8.85. The minimum atomic E-state index is -0.296. The molecule has 140 valence electrons. The number of carbonyl (C=O) groups excluding carboxylic acids is 1. The second-order valence-corrected chi connectivity index (χ2v) is 7.52. The maximum absolute atomic E-state index is 13.0. The molecule has 0 unspecified atom stereocenters. The van der Waals surface area contributed by atoms with Crippen LogP contribution in [0.5, 0.6) is 0 Å². The van der Waals surface area contributed by atoms with E-state index in [9.17, 15) is 9.18 Å². The van der Waals surface area contributed by atoms with Gasteiger partial charge in [0.2, 0.25) is 12.2 Å². The molecule has 0 aliphatic heterocycles. The van der Waals surface area contributed by atoms with Crippen LogP contribution in [0.15, 0.2) is 71.5 Å². The lowest BCUT2D eigenvalue weighted by atomic mass is 10.2. The maximum Gasteiger partial charge on any atom is 0.385 e. The van der Waals surface area contributed by atoms with Gasteiger partial charge in [-0.3, -0.25) is 4.79 Å². The maximum atomic E-state index is 13.0. The van der Waals surface area contributed by atoms with Crippen molar-refractivity contribution in [1.82, 2.24) is 15.1 Å². The van der Waals surface area contributed by atoms with E-state index in [2.05, 4.69) is 20.4 Å². The zero-order valence-corrected chi connectivity index (χ0v) is 16.1. The second-order valence-electron chi connectivity index (χ2n) is 5.72. The molecule has 0 radical (unpaired) electrons. The zero-order valence-electron chi connectivity index (χ0n) is 14.5. The number of carbonyl (C=O) groups is 1. The Hall–Kier alpha value is -3.04. The fourth-order valence-electron chi connectivity index (χ4n) is 2.49. The highest BCUT2D eigenvalue weighted by Gasteiger charge is 2.19. The highest BCUT2D eigenvalue weighted by atomic mass is 32.2. The second kappa shape index (κ2) is 8.32. The Kier molecular flexibility index (Phi) is 5.45. The number of thioether (sulfide) groups is 1. The van der Waals surface area contributed by atoms with Gasteiger partial charge < -0.3 is 5.32 Å². The van der Waals surface area contributed by atoms with Crippen LogP contribution in [0.3, 0.4) is 0 Å². The minimum Gasteiger partial charge on any atom is -0.301 e. The number of aromatic amines is 1. The van der Waals surface area contributed by atoms with Gasteiger partial charge in [-0.2, -0.15) is 5.10 Å². The van der Waals surface area contributed by atoms with Crippen molar-refractivity contribution in [2.45, 2.75) is 5.16 Å². The SMILES string of the molecule is O=C(CSc1nc[nH][n+]1-c1ccccc1)Nc1nc(-c2ccc(F)cc2)cs1. The highest BCUT2D eigenvalue weighted by molar-refractivity contribution is 7.99. The van der Waals surface area contributed by atoms with E-state index in [0.717, 1.165) is 11.3 Å². The third-order valence-electron chi connectivity index (χ3n) is 3.79. The van der Waals surface area contributed by atoms with Gasteiger partial charge in [-0.15, -0.1) is 16.0 Å². The molecule has 0 aliphatic carbocycles. The van der Waals surface area contributed by atoms with Crippen molar-refractivity contribution in [3.05, 3.63) is 72.1 Å². The first-order valence-corrected chi connectivity index (χ1v) is 10.2. The van der Waals surface area contributed by atoms with Crippen molar-refractivity contribution < 1.29 is 13.9 Å². The number of thiazole rings is 1. The lowest BCUT2D eigenvalue weighted by Gasteiger charge is -2.00. The molecule has 28 heavy (non-hydrogen) atoms. The number of benzene rings is 2. The van der Waals surface area contributed by atoms with Crippen molar-refractivity contribution in [2.24, 2.45) is 0 Å². The fourth-order valence-corrected chi connectivity index (χ4v) is 3.97. The number of rotatable bonds is 6. The molecule has 4 rings (SSSR count). The molecule has 2 N–H and O–H groups in total. The van der Waals surface area contributed by atoms with Crippen molar-refractivity contribution in [3.63, 3.8) is 0 Å². The Morgan fingerprint density at radius 1 is 1.18 bits per heavy atom. The molecule has 9 heteroatoms. The Morgan fingerprint density at radius 2 is 1.96 bits per heavy atom. The van der Waals surface area contributed by atoms with E-state index in [1.165, 1.54) is 35.2 Å². The molecule has 4 aromatic rings. The molecule has 0 saturated heterocycles. The fraction of sp³-hybridized carbons (Fsp3) is 0.0526. The van der Waals surface area contributed by atoms with E-state index in [-0.39, 0.29) is 17.5 Å². The number of hydrogen-bond acceptors (Lipinski definition) is 5. The van der Waals surface area contributed by atoms with Crippen LogP contribution in [-0.2, 0) is 4.79 Å². The van der Waals surface area contributed by atoms with Crippen LogP contribution in [0.4, 0.5) is 9.52 Å². The number of hydrogen-bond donors (Lipinski definition) is 2. The molecule has 2 aromatic carbocycles. The van der Waals surface area contributed by atoms with Crippen molar-refractivity contribution in [1.29, 1.82) is 0 Å². The van der Waals surface area contributed by atoms with Crippen LogP contribution < -0.4 is 10.00 Å². The molecule has 2 aromatic heterocycles. The van der Waals surface area contributed by atoms with Gasteiger partial charge in [0.25, 0.3) is 0 Å². The first-order chi connectivity index (χ1) is 13.7. The summed E-state index contributed by atoms with van der Waals surface area (Å²) in [5.74, 6) is -0.272. The Labute approximate surface area is 168 Å². The van der Waals surface area contributed by atoms with E-state index in [1.54, 1.807) is 18.5 Å². The summed E-state index contributed by atoms with van der Waals surface area (Å²) in [7, 11) is 0. The van der Waals surface area contributed by atoms with E-state index < -0.39 is 0 Å². The van der Waals surface area contributed by atoms with Crippen LogP contribution in [0, 0.1) is 5.82 Å². The first-order valence-electron chi connectivity index (χ1n) is 8.34. The lowest BCUT2D eigenvalue weighted by Crippen LogP contribution is -2.35. The minimum absolute atomic E-state index is 0.174. The molecule has 0 saturated carbocycles. The van der Waals surface area contributed by atoms with Gasteiger partial charge in [0.15, 0.2) is 10.8 Å². The Balaban J connectivity index is 1.37. The third-order valence-corrected chi connectivity index (χ3v) is 5.50. The molecule has 1 amide bonds. The van der Waals surface area contributed by atoms with Crippen LogP contribution in [0.25, 0.3) is 16.9 Å².